The maximum Gasteiger partial charge on any atom is 0.0629 e. The van der Waals surface area contributed by atoms with Gasteiger partial charge in [-0.15, -0.1) is 0 Å². The minimum absolute atomic E-state index is 0.0945. The van der Waals surface area contributed by atoms with Crippen molar-refractivity contribution in [1.82, 2.24) is 0 Å². The molecule has 0 saturated heterocycles. The molecule has 0 fully saturated rings. The van der Waals surface area contributed by atoms with E-state index in [1.807, 2.05) is 60.7 Å². The Hall–Kier alpha value is -5.20. The van der Waals surface area contributed by atoms with E-state index in [1.54, 1.807) is 12.1 Å². The van der Waals surface area contributed by atoms with Gasteiger partial charge in [0.1, 0.15) is 0 Å². The van der Waals surface area contributed by atoms with Gasteiger partial charge in [-0.1, -0.05) is 145 Å². The smallest absolute Gasteiger partial charge is 0.0622 e. The molecule has 0 aliphatic rings. The van der Waals surface area contributed by atoms with Gasteiger partial charge in [0.2, 0.25) is 0 Å². The van der Waals surface area contributed by atoms with Crippen LogP contribution < -0.4 is 0 Å². The van der Waals surface area contributed by atoms with Gasteiger partial charge in [0, 0.05) is 0 Å². The molecule has 8 rings (SSSR count). The molecular formula is C40H26. The summed E-state index contributed by atoms with van der Waals surface area (Å²) in [5.74, 6) is 0. The van der Waals surface area contributed by atoms with Crippen LogP contribution in [0.15, 0.2) is 157 Å². The lowest BCUT2D eigenvalue weighted by Crippen LogP contribution is -1.91. The standard InChI is InChI=1S/C40H26/c1-2-13-27(14-3-1)39-34-21-8-10-23-36(34)40(37-24-11-9-22-35(37)39)30-17-12-16-28(25-30)38-26-29-15-4-5-18-31(29)32-19-6-7-20-33(32)38/h1-26H/i1D,2D,3D,8D,9D,10D,11D,13D,14D,21D,22D,23D,24D. The SMILES string of the molecule is [2H]c1c([2H])c([2H])c(-c2c3c([2H])c([2H])c([2H])c([2H])c3c(-c3cccc(-c4cc5ccccc5c5ccccc45)c3)c3c([2H])c([2H])c([2H])c([2H])c23)c([2H])c1[2H]. The molecule has 0 aliphatic heterocycles. The summed E-state index contributed by atoms with van der Waals surface area (Å²) in [5, 5.41) is 3.34. The Bertz CT molecular complexity index is 2820. The van der Waals surface area contributed by atoms with Crippen LogP contribution in [0, 0.1) is 0 Å². The highest BCUT2D eigenvalue weighted by molar-refractivity contribution is 6.21. The molecule has 0 radical (unpaired) electrons. The van der Waals surface area contributed by atoms with Crippen LogP contribution in [0.2, 0.25) is 0 Å². The lowest BCUT2D eigenvalue weighted by Gasteiger charge is -2.18. The van der Waals surface area contributed by atoms with Crippen LogP contribution in [0.5, 0.6) is 0 Å². The third kappa shape index (κ3) is 3.54. The largest absolute Gasteiger partial charge is 0.0629 e. The Morgan fingerprint density at radius 3 is 1.55 bits per heavy atom. The van der Waals surface area contributed by atoms with E-state index < -0.39 is 84.1 Å². The number of hydrogen-bond donors (Lipinski definition) is 0. The molecule has 0 amide bonds. The van der Waals surface area contributed by atoms with E-state index in [1.165, 1.54) is 0 Å². The molecule has 0 heterocycles. The minimum atomic E-state index is -0.705. The van der Waals surface area contributed by atoms with Crippen molar-refractivity contribution in [3.8, 4) is 33.4 Å². The highest BCUT2D eigenvalue weighted by Gasteiger charge is 2.17. The summed E-state index contributed by atoms with van der Waals surface area (Å²) in [6.07, 6.45) is 0. The Labute approximate surface area is 252 Å². The van der Waals surface area contributed by atoms with Gasteiger partial charge in [0.15, 0.2) is 0 Å². The Balaban J connectivity index is 1.62. The normalized spacial score (nSPS) is 16.1. The van der Waals surface area contributed by atoms with E-state index in [2.05, 4.69) is 6.07 Å². The first kappa shape index (κ1) is 13.2. The zero-order valence-electron chi connectivity index (χ0n) is 34.0. The van der Waals surface area contributed by atoms with E-state index >= 15 is 0 Å². The van der Waals surface area contributed by atoms with Crippen molar-refractivity contribution < 1.29 is 17.8 Å². The van der Waals surface area contributed by atoms with Crippen molar-refractivity contribution in [3.63, 3.8) is 0 Å². The highest BCUT2D eigenvalue weighted by Crippen LogP contribution is 2.44. The number of rotatable bonds is 3. The fraction of sp³-hybridized carbons (Fsp3) is 0. The summed E-state index contributed by atoms with van der Waals surface area (Å²) >= 11 is 0. The van der Waals surface area contributed by atoms with Gasteiger partial charge in [-0.05, 0) is 88.6 Å². The van der Waals surface area contributed by atoms with E-state index in [0.717, 1.165) is 32.7 Å². The molecule has 0 bridgehead atoms. The van der Waals surface area contributed by atoms with Gasteiger partial charge in [-0.2, -0.15) is 0 Å². The second kappa shape index (κ2) is 9.22. The molecule has 40 heavy (non-hydrogen) atoms. The summed E-state index contributed by atoms with van der Waals surface area (Å²) in [6, 6.07) is 17.0. The van der Waals surface area contributed by atoms with Crippen molar-refractivity contribution in [2.45, 2.75) is 0 Å². The molecule has 0 unspecified atom stereocenters. The molecule has 0 saturated carbocycles. The molecule has 0 N–H and O–H groups in total. The summed E-state index contributed by atoms with van der Waals surface area (Å²) in [4.78, 5) is 0. The Morgan fingerprint density at radius 2 is 0.875 bits per heavy atom. The Kier molecular flexibility index (Phi) is 3.05. The van der Waals surface area contributed by atoms with Crippen LogP contribution in [0.1, 0.15) is 17.8 Å². The molecule has 0 aromatic heterocycles. The van der Waals surface area contributed by atoms with E-state index in [0.29, 0.717) is 5.56 Å². The predicted octanol–water partition coefficient (Wildman–Crippen LogP) is 11.3. The minimum Gasteiger partial charge on any atom is -0.0622 e. The van der Waals surface area contributed by atoms with Gasteiger partial charge >= 0.3 is 0 Å². The topological polar surface area (TPSA) is 0 Å². The molecule has 0 atom stereocenters. The van der Waals surface area contributed by atoms with Crippen molar-refractivity contribution in [1.29, 1.82) is 0 Å². The fourth-order valence-corrected chi connectivity index (χ4v) is 5.67. The maximum atomic E-state index is 9.23. The summed E-state index contributed by atoms with van der Waals surface area (Å²) in [6.45, 7) is 0. The van der Waals surface area contributed by atoms with Crippen LogP contribution in [-0.2, 0) is 0 Å². The van der Waals surface area contributed by atoms with Crippen molar-refractivity contribution in [3.05, 3.63) is 157 Å². The van der Waals surface area contributed by atoms with Crippen LogP contribution in [-0.4, -0.2) is 0 Å². The van der Waals surface area contributed by atoms with E-state index in [-0.39, 0.29) is 32.7 Å². The number of benzene rings is 8. The highest BCUT2D eigenvalue weighted by atomic mass is 14.2. The predicted molar refractivity (Wildman–Crippen MR) is 173 cm³/mol. The van der Waals surface area contributed by atoms with Crippen LogP contribution in [0.3, 0.4) is 0 Å². The second-order valence-electron chi connectivity index (χ2n) is 9.52. The van der Waals surface area contributed by atoms with Crippen molar-refractivity contribution in [2.24, 2.45) is 0 Å². The molecule has 8 aromatic rings. The summed E-state index contributed by atoms with van der Waals surface area (Å²) < 4.78 is 114. The fourth-order valence-electron chi connectivity index (χ4n) is 5.67. The van der Waals surface area contributed by atoms with Gasteiger partial charge in [-0.3, -0.25) is 0 Å². The summed E-state index contributed by atoms with van der Waals surface area (Å²) in [5.41, 5.74) is 1.35. The quantitative estimate of drug-likeness (QED) is 0.161. The Morgan fingerprint density at radius 1 is 0.350 bits per heavy atom. The molecule has 0 heteroatoms. The number of fused-ring (bicyclic) bond motifs is 5. The van der Waals surface area contributed by atoms with Crippen LogP contribution in [0.25, 0.3) is 76.5 Å². The average Bonchev–Trinajstić information content (AvgIpc) is 3.18. The van der Waals surface area contributed by atoms with Gasteiger partial charge in [0.25, 0.3) is 0 Å². The zero-order valence-corrected chi connectivity index (χ0v) is 21.0. The third-order valence-electron chi connectivity index (χ3n) is 7.36. The lowest BCUT2D eigenvalue weighted by molar-refractivity contribution is 1.64. The van der Waals surface area contributed by atoms with E-state index in [4.69, 9.17) is 15.1 Å². The second-order valence-corrected chi connectivity index (χ2v) is 9.52. The molecule has 0 spiro atoms. The maximum absolute atomic E-state index is 9.23. The lowest BCUT2D eigenvalue weighted by atomic mass is 9.85. The van der Waals surface area contributed by atoms with Crippen molar-refractivity contribution in [2.75, 3.05) is 0 Å². The van der Waals surface area contributed by atoms with Crippen molar-refractivity contribution >= 4 is 43.1 Å². The first-order valence-corrected chi connectivity index (χ1v) is 12.8. The molecule has 0 aliphatic carbocycles. The zero-order chi connectivity index (χ0) is 37.8. The third-order valence-corrected chi connectivity index (χ3v) is 7.36. The van der Waals surface area contributed by atoms with Gasteiger partial charge in [0.05, 0.1) is 17.8 Å². The van der Waals surface area contributed by atoms with E-state index in [9.17, 15) is 2.74 Å². The molecule has 186 valence electrons. The number of hydrogen-bond acceptors (Lipinski definition) is 0. The van der Waals surface area contributed by atoms with Gasteiger partial charge < -0.3 is 0 Å². The molecular weight excluding hydrogens is 480 g/mol. The average molecular weight is 520 g/mol. The first-order valence-electron chi connectivity index (χ1n) is 19.3. The molecule has 8 aromatic carbocycles. The van der Waals surface area contributed by atoms with Gasteiger partial charge in [-0.25, -0.2) is 0 Å². The van der Waals surface area contributed by atoms with Crippen LogP contribution in [0.4, 0.5) is 0 Å². The first-order chi connectivity index (χ1) is 25.3. The monoisotopic (exact) mass is 519 g/mol. The molecule has 0 nitrogen and oxygen atoms in total. The van der Waals surface area contributed by atoms with Crippen LogP contribution >= 0.6 is 0 Å². The summed E-state index contributed by atoms with van der Waals surface area (Å²) in [7, 11) is 0.